The number of rotatable bonds is 12. The summed E-state index contributed by atoms with van der Waals surface area (Å²) in [5.41, 5.74) is 5.73. The molecule has 1 aliphatic heterocycles. The molecule has 4 aromatic carbocycles. The number of aliphatic carboxylic acids is 1. The van der Waals surface area contributed by atoms with Gasteiger partial charge in [0.15, 0.2) is 0 Å². The number of ether oxygens (including phenoxy) is 1. The van der Waals surface area contributed by atoms with Gasteiger partial charge in [0.1, 0.15) is 17.8 Å². The van der Waals surface area contributed by atoms with E-state index in [2.05, 4.69) is 29.7 Å². The van der Waals surface area contributed by atoms with Crippen molar-refractivity contribution in [1.29, 1.82) is 0 Å². The van der Waals surface area contributed by atoms with Gasteiger partial charge in [0.2, 0.25) is 11.5 Å². The van der Waals surface area contributed by atoms with Crippen LogP contribution in [0.25, 0.3) is 22.0 Å². The van der Waals surface area contributed by atoms with Crippen LogP contribution in [0.3, 0.4) is 0 Å². The zero-order chi connectivity index (χ0) is 43.6. The predicted octanol–water partition coefficient (Wildman–Crippen LogP) is 5.41. The molecule has 0 unspecified atom stereocenters. The van der Waals surface area contributed by atoms with Crippen molar-refractivity contribution in [2.75, 3.05) is 51.0 Å². The Morgan fingerprint density at radius 3 is 2.25 bits per heavy atom. The van der Waals surface area contributed by atoms with E-state index in [-0.39, 0.29) is 36.3 Å². The lowest BCUT2D eigenvalue weighted by Crippen LogP contribution is -2.48. The number of aliphatic hydroxyl groups excluding tert-OH is 1. The summed E-state index contributed by atoms with van der Waals surface area (Å²) in [6, 6.07) is 29.5. The SMILES string of the molecule is CN(C(=O)CCc1ccc(-c2ccccc2)c(NC(=O)OC2CC[N+](C)(C)CC2)c1)c1ccc(CNC[C@H](O)c2ccc(O)c3[nH]c(=O)ccc23)cc1.O=C([O-])C(F)(F)F. The highest BCUT2D eigenvalue weighted by atomic mass is 19.4. The Bertz CT molecular complexity index is 2330. The number of alkyl halides is 3. The van der Waals surface area contributed by atoms with Gasteiger partial charge in [-0.3, -0.25) is 14.9 Å². The average molecular weight is 832 g/mol. The Morgan fingerprint density at radius 1 is 0.950 bits per heavy atom. The number of pyridine rings is 1. The number of anilines is 2. The van der Waals surface area contributed by atoms with Crippen LogP contribution in [0.4, 0.5) is 29.3 Å². The summed E-state index contributed by atoms with van der Waals surface area (Å²) in [5, 5.41) is 36.6. The number of hydrogen-bond acceptors (Lipinski definition) is 9. The fraction of sp³-hybridized carbons (Fsp3) is 0.318. The van der Waals surface area contributed by atoms with Gasteiger partial charge in [0.05, 0.1) is 44.5 Å². The Balaban J connectivity index is 0.000000896. The number of carboxylic acids is 1. The van der Waals surface area contributed by atoms with E-state index in [4.69, 9.17) is 14.6 Å². The molecule has 13 nitrogen and oxygen atoms in total. The first kappa shape index (κ1) is 44.9. The van der Waals surface area contributed by atoms with Crippen molar-refractivity contribution in [3.63, 3.8) is 0 Å². The van der Waals surface area contributed by atoms with E-state index in [1.165, 1.54) is 12.1 Å². The molecule has 0 bridgehead atoms. The molecule has 5 N–H and O–H groups in total. The lowest BCUT2D eigenvalue weighted by atomic mass is 9.99. The van der Waals surface area contributed by atoms with Gasteiger partial charge in [-0.05, 0) is 59.0 Å². The molecule has 1 fully saturated rings. The van der Waals surface area contributed by atoms with Crippen LogP contribution in [-0.2, 0) is 27.3 Å². The van der Waals surface area contributed by atoms with Crippen LogP contribution in [0.2, 0.25) is 0 Å². The molecule has 1 aliphatic rings. The average Bonchev–Trinajstić information content (AvgIpc) is 3.21. The van der Waals surface area contributed by atoms with Gasteiger partial charge in [-0.1, -0.05) is 60.7 Å². The molecule has 16 heteroatoms. The lowest BCUT2D eigenvalue weighted by molar-refractivity contribution is -0.896. The van der Waals surface area contributed by atoms with Crippen molar-refractivity contribution in [1.82, 2.24) is 10.3 Å². The summed E-state index contributed by atoms with van der Waals surface area (Å²) in [6.45, 7) is 2.67. The Labute approximate surface area is 344 Å². The number of likely N-dealkylation sites (tertiary alicyclic amines) is 1. The number of nitrogens with one attached hydrogen (secondary N) is 3. The van der Waals surface area contributed by atoms with Gasteiger partial charge in [0.25, 0.3) is 0 Å². The number of carboxylic acid groups (broad SMARTS) is 1. The quantitative estimate of drug-likeness (QED) is 0.103. The van der Waals surface area contributed by atoms with Gasteiger partial charge in [-0.15, -0.1) is 0 Å². The maximum Gasteiger partial charge on any atom is 0.430 e. The number of carbonyl (C=O) groups excluding carboxylic acids is 3. The molecule has 1 aromatic heterocycles. The van der Waals surface area contributed by atoms with Crippen LogP contribution in [0.15, 0.2) is 102 Å². The minimum Gasteiger partial charge on any atom is -0.542 e. The molecule has 1 saturated heterocycles. The van der Waals surface area contributed by atoms with E-state index in [1.807, 2.05) is 72.8 Å². The molecule has 5 aromatic rings. The molecule has 2 heterocycles. The molecule has 0 saturated carbocycles. The third kappa shape index (κ3) is 12.4. The van der Waals surface area contributed by atoms with E-state index < -0.39 is 24.3 Å². The summed E-state index contributed by atoms with van der Waals surface area (Å²) in [4.78, 5) is 51.1. The predicted molar refractivity (Wildman–Crippen MR) is 219 cm³/mol. The second-order valence-corrected chi connectivity index (χ2v) is 15.2. The van der Waals surface area contributed by atoms with E-state index >= 15 is 0 Å². The molecule has 318 valence electrons. The number of aromatic amines is 1. The largest absolute Gasteiger partial charge is 0.542 e. The second-order valence-electron chi connectivity index (χ2n) is 15.2. The third-order valence-corrected chi connectivity index (χ3v) is 10.3. The molecule has 2 amide bonds. The number of piperidine rings is 1. The Morgan fingerprint density at radius 2 is 1.60 bits per heavy atom. The first-order valence-electron chi connectivity index (χ1n) is 19.3. The Kier molecular flexibility index (Phi) is 14.7. The standard InChI is InChI=1S/C42H47N5O6.C2HF3O2/c1-46(31-13-9-29(10-14-31)26-43-27-38(49)34-16-18-37(48)41-35(34)17-19-39(50)45-41)40(51)20-12-28-11-15-33(30-7-5-4-6-8-30)36(25-28)44-42(52)53-32-21-23-47(2,3)24-22-32;3-2(4,5)1(6)7/h4-11,13-19,25,32,38,43,49H,12,20-24,26-27H2,1-3H3,(H2-,44,45,48,50,52);(H,6,7)/t38-;/m0./s1. The number of aromatic nitrogens is 1. The van der Waals surface area contributed by atoms with Crippen LogP contribution in [0.5, 0.6) is 5.75 Å². The molecule has 60 heavy (non-hydrogen) atoms. The van der Waals surface area contributed by atoms with Gasteiger partial charge >= 0.3 is 12.3 Å². The zero-order valence-corrected chi connectivity index (χ0v) is 33.4. The number of phenolic OH excluding ortho intramolecular Hbond substituents is 1. The topological polar surface area (TPSA) is 184 Å². The third-order valence-electron chi connectivity index (χ3n) is 10.3. The number of hydrogen-bond donors (Lipinski definition) is 5. The molecular weight excluding hydrogens is 784 g/mol. The second kappa shape index (κ2) is 19.7. The van der Waals surface area contributed by atoms with Crippen molar-refractivity contribution in [3.8, 4) is 16.9 Å². The van der Waals surface area contributed by atoms with Crippen LogP contribution in [0, 0.1) is 0 Å². The van der Waals surface area contributed by atoms with Crippen molar-refractivity contribution in [2.45, 2.75) is 50.6 Å². The van der Waals surface area contributed by atoms with Gasteiger partial charge in [-0.25, -0.2) is 4.79 Å². The first-order valence-corrected chi connectivity index (χ1v) is 19.3. The number of H-pyrrole nitrogens is 1. The highest BCUT2D eigenvalue weighted by Gasteiger charge is 2.29. The fourth-order valence-corrected chi connectivity index (χ4v) is 6.78. The Hall–Kier alpha value is -6.23. The van der Waals surface area contributed by atoms with E-state index in [1.54, 1.807) is 24.1 Å². The summed E-state index contributed by atoms with van der Waals surface area (Å²) in [5.74, 6) is -3.10. The molecule has 1 atom stereocenters. The first-order chi connectivity index (χ1) is 28.4. The highest BCUT2D eigenvalue weighted by Crippen LogP contribution is 2.31. The van der Waals surface area contributed by atoms with E-state index in [0.717, 1.165) is 58.4 Å². The number of quaternary nitrogens is 1. The van der Waals surface area contributed by atoms with Crippen molar-refractivity contribution >= 4 is 40.2 Å². The number of aromatic hydroxyl groups is 1. The minimum atomic E-state index is -5.19. The maximum atomic E-state index is 13.3. The molecule has 0 radical (unpaired) electrons. The highest BCUT2D eigenvalue weighted by molar-refractivity contribution is 5.94. The van der Waals surface area contributed by atoms with Crippen molar-refractivity contribution in [2.24, 2.45) is 0 Å². The normalized spacial score (nSPS) is 14.4. The smallest absolute Gasteiger partial charge is 0.430 e. The number of fused-ring (bicyclic) bond motifs is 1. The summed E-state index contributed by atoms with van der Waals surface area (Å²) >= 11 is 0. The van der Waals surface area contributed by atoms with Gasteiger partial charge in [-0.2, -0.15) is 13.2 Å². The minimum absolute atomic E-state index is 0.0406. The number of benzene rings is 4. The van der Waals surface area contributed by atoms with Crippen molar-refractivity contribution in [3.05, 3.63) is 124 Å². The van der Waals surface area contributed by atoms with Gasteiger partial charge in [0, 0.05) is 62.1 Å². The fourth-order valence-electron chi connectivity index (χ4n) is 6.78. The molecule has 6 rings (SSSR count). The number of nitrogens with zero attached hydrogens (tertiary/aromatic N) is 2. The molecule has 0 spiro atoms. The van der Waals surface area contributed by atoms with Crippen LogP contribution >= 0.6 is 0 Å². The van der Waals surface area contributed by atoms with E-state index in [9.17, 15) is 37.8 Å². The maximum absolute atomic E-state index is 13.3. The number of amides is 2. The van der Waals surface area contributed by atoms with Crippen LogP contribution < -0.4 is 26.2 Å². The van der Waals surface area contributed by atoms with Crippen LogP contribution in [0.1, 0.15) is 42.1 Å². The number of aliphatic hydroxyl groups is 1. The van der Waals surface area contributed by atoms with Gasteiger partial charge < -0.3 is 44.5 Å². The number of halogens is 3. The number of phenols is 1. The number of aryl methyl sites for hydroxylation is 1. The summed E-state index contributed by atoms with van der Waals surface area (Å²) in [6.07, 6.45) is -4.20. The summed E-state index contributed by atoms with van der Waals surface area (Å²) in [7, 11) is 6.14. The monoisotopic (exact) mass is 831 g/mol. The zero-order valence-electron chi connectivity index (χ0n) is 33.4. The molecular formula is C44H48F3N5O8. The van der Waals surface area contributed by atoms with E-state index in [0.29, 0.717) is 35.1 Å². The number of carbonyl (C=O) groups is 3. The van der Waals surface area contributed by atoms with Crippen molar-refractivity contribution < 1.29 is 52.1 Å². The lowest BCUT2D eigenvalue weighted by Gasteiger charge is -2.36. The molecule has 0 aliphatic carbocycles. The van der Waals surface area contributed by atoms with Crippen LogP contribution in [-0.4, -0.2) is 90.7 Å². The summed E-state index contributed by atoms with van der Waals surface area (Å²) < 4.78 is 38.3.